The lowest BCUT2D eigenvalue weighted by Crippen LogP contribution is -2.38. The minimum atomic E-state index is -3.25. The number of likely N-dealkylation sites (N-methyl/N-ethyl adjacent to an activating group) is 1. The number of amides is 2. The van der Waals surface area contributed by atoms with Crippen molar-refractivity contribution in [1.29, 1.82) is 0 Å². The number of hydrogen-bond donors (Lipinski definition) is 0. The Morgan fingerprint density at radius 2 is 1.85 bits per heavy atom. The third kappa shape index (κ3) is 3.66. The van der Waals surface area contributed by atoms with E-state index in [1.165, 1.54) is 10.6 Å². The summed E-state index contributed by atoms with van der Waals surface area (Å²) in [5.74, 6) is 0. The smallest absolute Gasteiger partial charge is 0.321 e. The van der Waals surface area contributed by atoms with E-state index in [9.17, 15) is 13.2 Å². The molecule has 26 heavy (non-hydrogen) atoms. The molecule has 2 aliphatic rings. The number of carbonyl (C=O) groups is 1. The minimum absolute atomic E-state index is 0.0371. The number of rotatable bonds is 7. The molecule has 0 N–H and O–H groups in total. The number of sulfonamides is 1. The van der Waals surface area contributed by atoms with Gasteiger partial charge in [-0.15, -0.1) is 0 Å². The maximum absolute atomic E-state index is 12.7. The lowest BCUT2D eigenvalue weighted by molar-refractivity contribution is 0.207. The largest absolute Gasteiger partial charge is 0.324 e. The van der Waals surface area contributed by atoms with Gasteiger partial charge in [-0.1, -0.05) is 13.8 Å². The van der Waals surface area contributed by atoms with Gasteiger partial charge in [-0.3, -0.25) is 9.21 Å². The zero-order valence-corrected chi connectivity index (χ0v) is 16.6. The van der Waals surface area contributed by atoms with Crippen molar-refractivity contribution in [3.63, 3.8) is 0 Å². The van der Waals surface area contributed by atoms with Gasteiger partial charge in [-0.05, 0) is 43.3 Å². The van der Waals surface area contributed by atoms with Crippen LogP contribution in [0.5, 0.6) is 0 Å². The van der Waals surface area contributed by atoms with Gasteiger partial charge in [-0.2, -0.15) is 0 Å². The van der Waals surface area contributed by atoms with Crippen molar-refractivity contribution in [1.82, 2.24) is 9.80 Å². The molecule has 0 aliphatic carbocycles. The second-order valence-corrected chi connectivity index (χ2v) is 8.75. The Morgan fingerprint density at radius 3 is 2.50 bits per heavy atom. The van der Waals surface area contributed by atoms with Gasteiger partial charge in [0.2, 0.25) is 10.0 Å². The maximum Gasteiger partial charge on any atom is 0.324 e. The Kier molecular flexibility index (Phi) is 5.43. The number of anilines is 2. The third-order valence-corrected chi connectivity index (χ3v) is 6.48. The molecule has 8 heteroatoms. The predicted octanol–water partition coefficient (Wildman–Crippen LogP) is 1.59. The molecule has 0 unspecified atom stereocenters. The van der Waals surface area contributed by atoms with Crippen molar-refractivity contribution in [3.8, 4) is 0 Å². The standard InChI is InChI=1S/C18H28N4O3S/c1-4-19(5-2)10-11-20-12-13-21(18(20)23)16-6-7-17-15(14-16)8-9-22(17)26(3,24)25/h6-7,14H,4-5,8-13H2,1-3H3. The van der Waals surface area contributed by atoms with Gasteiger partial charge in [0.15, 0.2) is 0 Å². The van der Waals surface area contributed by atoms with Crippen molar-refractivity contribution in [2.75, 3.05) is 61.3 Å². The van der Waals surface area contributed by atoms with Gasteiger partial charge in [0.25, 0.3) is 0 Å². The zero-order chi connectivity index (χ0) is 18.9. The maximum atomic E-state index is 12.7. The summed E-state index contributed by atoms with van der Waals surface area (Å²) in [6.07, 6.45) is 1.91. The summed E-state index contributed by atoms with van der Waals surface area (Å²) in [5.41, 5.74) is 2.58. The van der Waals surface area contributed by atoms with E-state index in [1.54, 1.807) is 4.90 Å². The summed E-state index contributed by atoms with van der Waals surface area (Å²) in [7, 11) is -3.25. The summed E-state index contributed by atoms with van der Waals surface area (Å²) < 4.78 is 25.2. The lowest BCUT2D eigenvalue weighted by Gasteiger charge is -2.23. The molecule has 0 aromatic heterocycles. The molecular formula is C18H28N4O3S. The summed E-state index contributed by atoms with van der Waals surface area (Å²) in [4.78, 5) is 18.8. The first-order chi connectivity index (χ1) is 12.3. The van der Waals surface area contributed by atoms with Gasteiger partial charge < -0.3 is 9.80 Å². The first kappa shape index (κ1) is 19.0. The number of nitrogens with zero attached hydrogens (tertiary/aromatic N) is 4. The highest BCUT2D eigenvalue weighted by Crippen LogP contribution is 2.34. The van der Waals surface area contributed by atoms with Crippen LogP contribution in [0.3, 0.4) is 0 Å². The molecule has 2 heterocycles. The van der Waals surface area contributed by atoms with Crippen LogP contribution in [0.2, 0.25) is 0 Å². The van der Waals surface area contributed by atoms with Gasteiger partial charge in [0.05, 0.1) is 11.9 Å². The Labute approximate surface area is 156 Å². The monoisotopic (exact) mass is 380 g/mol. The number of hydrogen-bond acceptors (Lipinski definition) is 4. The van der Waals surface area contributed by atoms with Crippen LogP contribution in [-0.2, 0) is 16.4 Å². The average molecular weight is 381 g/mol. The molecule has 144 valence electrons. The highest BCUT2D eigenvalue weighted by atomic mass is 32.2. The van der Waals surface area contributed by atoms with E-state index in [4.69, 9.17) is 0 Å². The molecule has 2 aliphatic heterocycles. The van der Waals surface area contributed by atoms with Crippen molar-refractivity contribution < 1.29 is 13.2 Å². The van der Waals surface area contributed by atoms with E-state index in [0.717, 1.165) is 49.7 Å². The van der Waals surface area contributed by atoms with E-state index in [-0.39, 0.29) is 6.03 Å². The predicted molar refractivity (Wildman–Crippen MR) is 104 cm³/mol. The second-order valence-electron chi connectivity index (χ2n) is 6.85. The molecule has 0 saturated carbocycles. The fourth-order valence-corrected chi connectivity index (χ4v) is 4.66. The Hall–Kier alpha value is -1.80. The summed E-state index contributed by atoms with van der Waals surface area (Å²) in [5, 5.41) is 0. The minimum Gasteiger partial charge on any atom is -0.321 e. The van der Waals surface area contributed by atoms with E-state index < -0.39 is 10.0 Å². The lowest BCUT2D eigenvalue weighted by atomic mass is 10.1. The van der Waals surface area contributed by atoms with E-state index in [1.807, 2.05) is 23.1 Å². The summed E-state index contributed by atoms with van der Waals surface area (Å²) >= 11 is 0. The van der Waals surface area contributed by atoms with Crippen molar-refractivity contribution in [2.45, 2.75) is 20.3 Å². The van der Waals surface area contributed by atoms with Crippen LogP contribution in [0.4, 0.5) is 16.2 Å². The molecule has 0 radical (unpaired) electrons. The number of benzene rings is 1. The Balaban J connectivity index is 1.70. The zero-order valence-electron chi connectivity index (χ0n) is 15.8. The molecule has 1 aromatic rings. The SMILES string of the molecule is CCN(CC)CCN1CCN(c2ccc3c(c2)CCN3S(C)(=O)=O)C1=O. The van der Waals surface area contributed by atoms with E-state index in [2.05, 4.69) is 18.7 Å². The molecule has 7 nitrogen and oxygen atoms in total. The highest BCUT2D eigenvalue weighted by Gasteiger charge is 2.31. The molecule has 0 bridgehead atoms. The molecule has 0 spiro atoms. The molecular weight excluding hydrogens is 352 g/mol. The van der Waals surface area contributed by atoms with Gasteiger partial charge >= 0.3 is 6.03 Å². The average Bonchev–Trinajstić information content (AvgIpc) is 3.18. The molecule has 2 amide bonds. The highest BCUT2D eigenvalue weighted by molar-refractivity contribution is 7.92. The fraction of sp³-hybridized carbons (Fsp3) is 0.611. The fourth-order valence-electron chi connectivity index (χ4n) is 3.70. The van der Waals surface area contributed by atoms with Crippen LogP contribution in [0.15, 0.2) is 18.2 Å². The molecule has 1 fully saturated rings. The molecule has 1 saturated heterocycles. The van der Waals surface area contributed by atoms with Crippen molar-refractivity contribution in [2.24, 2.45) is 0 Å². The molecule has 0 atom stereocenters. The second kappa shape index (κ2) is 7.44. The number of carbonyl (C=O) groups excluding carboxylic acids is 1. The van der Waals surface area contributed by atoms with Crippen LogP contribution < -0.4 is 9.21 Å². The van der Waals surface area contributed by atoms with Gasteiger partial charge in [0, 0.05) is 38.4 Å². The van der Waals surface area contributed by atoms with Crippen LogP contribution >= 0.6 is 0 Å². The number of urea groups is 1. The quantitative estimate of drug-likeness (QED) is 0.721. The third-order valence-electron chi connectivity index (χ3n) is 5.30. The van der Waals surface area contributed by atoms with Crippen molar-refractivity contribution in [3.05, 3.63) is 23.8 Å². The first-order valence-corrected chi connectivity index (χ1v) is 11.1. The van der Waals surface area contributed by atoms with Gasteiger partial charge in [0.1, 0.15) is 0 Å². The Morgan fingerprint density at radius 1 is 1.12 bits per heavy atom. The van der Waals surface area contributed by atoms with Crippen LogP contribution in [-0.4, -0.2) is 76.3 Å². The van der Waals surface area contributed by atoms with Crippen LogP contribution in [0.25, 0.3) is 0 Å². The molecule has 3 rings (SSSR count). The van der Waals surface area contributed by atoms with E-state index in [0.29, 0.717) is 19.5 Å². The summed E-state index contributed by atoms with van der Waals surface area (Å²) in [6.45, 7) is 9.75. The van der Waals surface area contributed by atoms with Crippen molar-refractivity contribution >= 4 is 27.4 Å². The molecule has 1 aromatic carbocycles. The van der Waals surface area contributed by atoms with Crippen LogP contribution in [0.1, 0.15) is 19.4 Å². The number of fused-ring (bicyclic) bond motifs is 1. The Bertz CT molecular complexity index is 777. The van der Waals surface area contributed by atoms with Gasteiger partial charge in [-0.25, -0.2) is 13.2 Å². The topological polar surface area (TPSA) is 64.2 Å². The summed E-state index contributed by atoms with van der Waals surface area (Å²) in [6, 6.07) is 5.68. The first-order valence-electron chi connectivity index (χ1n) is 9.24. The van der Waals surface area contributed by atoms with E-state index >= 15 is 0 Å². The van der Waals surface area contributed by atoms with Crippen LogP contribution in [0, 0.1) is 0 Å². The normalized spacial score (nSPS) is 17.5.